The topological polar surface area (TPSA) is 88.7 Å². The molecule has 2 aromatic rings. The molecule has 1 amide bonds. The van der Waals surface area contributed by atoms with Gasteiger partial charge in [-0.1, -0.05) is 58.4 Å². The van der Waals surface area contributed by atoms with E-state index in [-0.39, 0.29) is 5.76 Å². The summed E-state index contributed by atoms with van der Waals surface area (Å²) in [7, 11) is 0. The molecule has 0 aliphatic carbocycles. The Bertz CT molecular complexity index is 819. The summed E-state index contributed by atoms with van der Waals surface area (Å²) in [5.41, 5.74) is 13.5. The molecule has 1 unspecified atom stereocenters. The maximum Gasteiger partial charge on any atom is 0.292 e. The van der Waals surface area contributed by atoms with Crippen LogP contribution in [0.1, 0.15) is 17.2 Å². The van der Waals surface area contributed by atoms with Gasteiger partial charge in [0, 0.05) is 10.0 Å². The molecule has 0 radical (unpaired) electrons. The Morgan fingerprint density at radius 3 is 2.24 bits per heavy atom. The molecule has 0 bridgehead atoms. The number of hydrazine groups is 3. The van der Waals surface area contributed by atoms with E-state index < -0.39 is 18.2 Å². The highest BCUT2D eigenvalue weighted by molar-refractivity contribution is 9.10. The minimum Gasteiger partial charge on any atom is -0.503 e. The van der Waals surface area contributed by atoms with E-state index in [1.165, 1.54) is 0 Å². The SMILES string of the molecule is O=C1C(O)=C(c2ccccc2)C(c2ccc(Br)cc2)N1C1NNNN1. The van der Waals surface area contributed by atoms with E-state index in [1.807, 2.05) is 54.6 Å². The molecule has 128 valence electrons. The van der Waals surface area contributed by atoms with Gasteiger partial charge in [0.1, 0.15) is 0 Å². The van der Waals surface area contributed by atoms with Crippen LogP contribution in [0, 0.1) is 0 Å². The molecular weight excluding hydrogens is 386 g/mol. The highest BCUT2D eigenvalue weighted by atomic mass is 79.9. The number of rotatable bonds is 3. The Morgan fingerprint density at radius 2 is 1.60 bits per heavy atom. The van der Waals surface area contributed by atoms with Gasteiger partial charge >= 0.3 is 0 Å². The number of hydrogen-bond donors (Lipinski definition) is 5. The summed E-state index contributed by atoms with van der Waals surface area (Å²) in [4.78, 5) is 14.4. The van der Waals surface area contributed by atoms with E-state index in [1.54, 1.807) is 4.90 Å². The number of aliphatic hydroxyl groups is 1. The lowest BCUT2D eigenvalue weighted by molar-refractivity contribution is -0.132. The first-order valence-corrected chi connectivity index (χ1v) is 8.54. The Kier molecular flexibility index (Phi) is 4.28. The number of hydrogen-bond acceptors (Lipinski definition) is 6. The van der Waals surface area contributed by atoms with Crippen LogP contribution in [0.5, 0.6) is 0 Å². The van der Waals surface area contributed by atoms with E-state index in [0.29, 0.717) is 5.57 Å². The molecule has 2 aliphatic heterocycles. The van der Waals surface area contributed by atoms with Gasteiger partial charge in [-0.3, -0.25) is 9.69 Å². The zero-order valence-electron chi connectivity index (χ0n) is 13.0. The lowest BCUT2D eigenvalue weighted by Gasteiger charge is -2.31. The molecule has 2 aliphatic rings. The van der Waals surface area contributed by atoms with E-state index in [2.05, 4.69) is 37.9 Å². The molecule has 0 aromatic heterocycles. The zero-order chi connectivity index (χ0) is 17.4. The van der Waals surface area contributed by atoms with Gasteiger partial charge in [0.2, 0.25) is 0 Å². The zero-order valence-corrected chi connectivity index (χ0v) is 14.6. The first-order valence-electron chi connectivity index (χ1n) is 7.74. The summed E-state index contributed by atoms with van der Waals surface area (Å²) < 4.78 is 0.946. The summed E-state index contributed by atoms with van der Waals surface area (Å²) in [6.45, 7) is 0. The fourth-order valence-electron chi connectivity index (χ4n) is 3.16. The molecule has 2 heterocycles. The predicted octanol–water partition coefficient (Wildman–Crippen LogP) is 1.70. The van der Waals surface area contributed by atoms with Crippen LogP contribution in [0.3, 0.4) is 0 Å². The van der Waals surface area contributed by atoms with Gasteiger partial charge in [-0.05, 0) is 23.3 Å². The minimum atomic E-state index is -0.524. The van der Waals surface area contributed by atoms with Gasteiger partial charge in [0.05, 0.1) is 6.04 Å². The van der Waals surface area contributed by atoms with Crippen molar-refractivity contribution in [3.8, 4) is 0 Å². The second-order valence-electron chi connectivity index (χ2n) is 5.74. The van der Waals surface area contributed by atoms with Gasteiger partial charge < -0.3 is 5.11 Å². The number of carbonyl (C=O) groups excluding carboxylic acids is 1. The first kappa shape index (κ1) is 16.2. The standard InChI is InChI=1S/C17H16BrN5O2/c18-12-8-6-11(7-9-12)14-13(10-4-2-1-3-5-10)15(24)16(25)23(14)17-19-21-22-20-17/h1-9,14,17,19-22,24H. The molecule has 1 saturated heterocycles. The van der Waals surface area contributed by atoms with Crippen molar-refractivity contribution in [1.29, 1.82) is 0 Å². The maximum absolute atomic E-state index is 12.8. The van der Waals surface area contributed by atoms with Crippen LogP contribution in [0.25, 0.3) is 5.57 Å². The summed E-state index contributed by atoms with van der Waals surface area (Å²) in [5, 5.41) is 10.6. The van der Waals surface area contributed by atoms with Crippen LogP contribution in [0.15, 0.2) is 64.8 Å². The van der Waals surface area contributed by atoms with Crippen molar-refractivity contribution in [3.05, 3.63) is 76.0 Å². The van der Waals surface area contributed by atoms with E-state index in [0.717, 1.165) is 15.6 Å². The average molecular weight is 402 g/mol. The van der Waals surface area contributed by atoms with Gasteiger partial charge in [0.25, 0.3) is 5.91 Å². The molecule has 25 heavy (non-hydrogen) atoms. The van der Waals surface area contributed by atoms with Crippen LogP contribution in [-0.4, -0.2) is 22.2 Å². The Morgan fingerprint density at radius 1 is 0.960 bits per heavy atom. The molecule has 7 nitrogen and oxygen atoms in total. The van der Waals surface area contributed by atoms with Gasteiger partial charge in [-0.2, -0.15) is 11.1 Å². The fraction of sp³-hybridized carbons (Fsp3) is 0.118. The smallest absolute Gasteiger partial charge is 0.292 e. The normalized spacial score (nSPS) is 21.4. The second-order valence-corrected chi connectivity index (χ2v) is 6.65. The Hall–Kier alpha value is -2.23. The number of aliphatic hydroxyl groups excluding tert-OH is 1. The summed E-state index contributed by atoms with van der Waals surface area (Å²) in [6.07, 6.45) is -0.524. The van der Waals surface area contributed by atoms with Crippen molar-refractivity contribution in [2.24, 2.45) is 0 Å². The third kappa shape index (κ3) is 2.84. The molecule has 2 aromatic carbocycles. The third-order valence-electron chi connectivity index (χ3n) is 4.27. The fourth-order valence-corrected chi connectivity index (χ4v) is 3.42. The second kappa shape index (κ2) is 6.58. The number of amides is 1. The van der Waals surface area contributed by atoms with Crippen LogP contribution in [-0.2, 0) is 4.79 Å². The first-order chi connectivity index (χ1) is 12.2. The van der Waals surface area contributed by atoms with Crippen LogP contribution >= 0.6 is 15.9 Å². The molecule has 0 saturated carbocycles. The van der Waals surface area contributed by atoms with Crippen LogP contribution in [0.2, 0.25) is 0 Å². The van der Waals surface area contributed by atoms with Crippen molar-refractivity contribution < 1.29 is 9.90 Å². The molecule has 8 heteroatoms. The maximum atomic E-state index is 12.8. The summed E-state index contributed by atoms with van der Waals surface area (Å²) in [6, 6.07) is 16.7. The molecule has 1 atom stereocenters. The minimum absolute atomic E-state index is 0.241. The summed E-state index contributed by atoms with van der Waals surface area (Å²) in [5.74, 6) is -0.683. The number of benzene rings is 2. The van der Waals surface area contributed by atoms with Crippen molar-refractivity contribution in [2.45, 2.75) is 12.3 Å². The van der Waals surface area contributed by atoms with Gasteiger partial charge in [-0.15, -0.1) is 0 Å². The number of halogens is 1. The monoisotopic (exact) mass is 401 g/mol. The van der Waals surface area contributed by atoms with E-state index in [4.69, 9.17) is 0 Å². The Labute approximate surface area is 152 Å². The van der Waals surface area contributed by atoms with Gasteiger partial charge in [0.15, 0.2) is 12.0 Å². The highest BCUT2D eigenvalue weighted by Crippen LogP contribution is 2.43. The lowest BCUT2D eigenvalue weighted by Crippen LogP contribution is -2.52. The summed E-state index contributed by atoms with van der Waals surface area (Å²) >= 11 is 3.43. The van der Waals surface area contributed by atoms with Crippen molar-refractivity contribution in [1.82, 2.24) is 26.8 Å². The Balaban J connectivity index is 1.84. The van der Waals surface area contributed by atoms with Crippen molar-refractivity contribution in [2.75, 3.05) is 0 Å². The highest BCUT2D eigenvalue weighted by Gasteiger charge is 2.45. The number of carbonyl (C=O) groups is 1. The van der Waals surface area contributed by atoms with Crippen molar-refractivity contribution in [3.63, 3.8) is 0 Å². The van der Waals surface area contributed by atoms with E-state index in [9.17, 15) is 9.90 Å². The number of nitrogens with zero attached hydrogens (tertiary/aromatic N) is 1. The number of nitrogens with one attached hydrogen (secondary N) is 4. The lowest BCUT2D eigenvalue weighted by atomic mass is 9.93. The average Bonchev–Trinajstić information content (AvgIpc) is 3.24. The molecule has 5 N–H and O–H groups in total. The predicted molar refractivity (Wildman–Crippen MR) is 96.1 cm³/mol. The van der Waals surface area contributed by atoms with Crippen LogP contribution in [0.4, 0.5) is 0 Å². The quantitative estimate of drug-likeness (QED) is 0.537. The third-order valence-corrected chi connectivity index (χ3v) is 4.80. The molecule has 4 rings (SSSR count). The van der Waals surface area contributed by atoms with Crippen molar-refractivity contribution >= 4 is 27.4 Å². The largest absolute Gasteiger partial charge is 0.503 e. The molecule has 1 fully saturated rings. The van der Waals surface area contributed by atoms with Gasteiger partial charge in [-0.25, -0.2) is 10.9 Å². The molecule has 0 spiro atoms. The van der Waals surface area contributed by atoms with E-state index >= 15 is 0 Å². The van der Waals surface area contributed by atoms with Crippen LogP contribution < -0.4 is 21.9 Å². The molecular formula is C17H16BrN5O2.